The van der Waals surface area contributed by atoms with Crippen LogP contribution in [0.5, 0.6) is 0 Å². The molecule has 0 radical (unpaired) electrons. The summed E-state index contributed by atoms with van der Waals surface area (Å²) in [5.41, 5.74) is 4.07. The molecule has 4 fully saturated rings. The normalized spacial score (nSPS) is 55.2. The van der Waals surface area contributed by atoms with Gasteiger partial charge in [-0.1, -0.05) is 67.0 Å². The van der Waals surface area contributed by atoms with Crippen LogP contribution in [0.4, 0.5) is 0 Å². The number of fused-ring (bicyclic) bond motifs is 7. The summed E-state index contributed by atoms with van der Waals surface area (Å²) in [4.78, 5) is 0. The molecule has 5 rings (SSSR count). The Labute approximate surface area is 192 Å². The molecule has 5 aliphatic rings. The Bertz CT molecular complexity index is 790. The summed E-state index contributed by atoms with van der Waals surface area (Å²) in [6.07, 6.45) is 15.9. The van der Waals surface area contributed by atoms with Gasteiger partial charge in [-0.15, -0.1) is 0 Å². The highest BCUT2D eigenvalue weighted by Crippen LogP contribution is 2.75. The van der Waals surface area contributed by atoms with E-state index in [4.69, 9.17) is 0 Å². The summed E-state index contributed by atoms with van der Waals surface area (Å²) in [6, 6.07) is 0. The van der Waals surface area contributed by atoms with Crippen molar-refractivity contribution >= 4 is 0 Å². The standard InChI is InChI=1S/C30H50O/c1-25(2)15-16-27(5)17-18-29(7)21-9-10-22-26(3,4)24(31)12-13-28(22,6)20(21)11-14-30(29,8)23(27)19-25/h11,21-24,31H,9-10,12-19H2,1-8H3/t21-,22+,23+,24-,27+,28+,29+,30-/m0/s1. The quantitative estimate of drug-likeness (QED) is 0.387. The van der Waals surface area contributed by atoms with E-state index in [-0.39, 0.29) is 11.5 Å². The second-order valence-corrected chi connectivity index (χ2v) is 15.2. The molecular weight excluding hydrogens is 376 g/mol. The van der Waals surface area contributed by atoms with Gasteiger partial charge in [-0.05, 0) is 114 Å². The topological polar surface area (TPSA) is 20.2 Å². The van der Waals surface area contributed by atoms with Gasteiger partial charge in [0.05, 0.1) is 6.10 Å². The van der Waals surface area contributed by atoms with Crippen LogP contribution in [0, 0.1) is 50.2 Å². The average Bonchev–Trinajstić information content (AvgIpc) is 2.68. The Morgan fingerprint density at radius 3 is 2.13 bits per heavy atom. The van der Waals surface area contributed by atoms with Crippen LogP contribution in [-0.2, 0) is 0 Å². The first kappa shape index (κ1) is 22.5. The highest BCUT2D eigenvalue weighted by molar-refractivity contribution is 5.33. The van der Waals surface area contributed by atoms with E-state index in [1.807, 2.05) is 5.57 Å². The Balaban J connectivity index is 1.57. The molecule has 0 saturated heterocycles. The van der Waals surface area contributed by atoms with Crippen molar-refractivity contribution in [2.24, 2.45) is 50.2 Å². The van der Waals surface area contributed by atoms with Gasteiger partial charge in [0.25, 0.3) is 0 Å². The van der Waals surface area contributed by atoms with Crippen molar-refractivity contribution in [2.75, 3.05) is 0 Å². The van der Waals surface area contributed by atoms with Crippen molar-refractivity contribution in [3.8, 4) is 0 Å². The number of rotatable bonds is 0. The second kappa shape index (κ2) is 6.43. The third kappa shape index (κ3) is 2.77. The third-order valence-electron chi connectivity index (χ3n) is 13.0. The van der Waals surface area contributed by atoms with Crippen molar-refractivity contribution in [3.05, 3.63) is 11.6 Å². The first-order chi connectivity index (χ1) is 14.2. The van der Waals surface area contributed by atoms with Gasteiger partial charge in [0.2, 0.25) is 0 Å². The van der Waals surface area contributed by atoms with E-state index < -0.39 is 0 Å². The zero-order valence-electron chi connectivity index (χ0n) is 21.9. The molecule has 4 saturated carbocycles. The molecule has 5 aliphatic carbocycles. The summed E-state index contributed by atoms with van der Waals surface area (Å²) in [7, 11) is 0. The van der Waals surface area contributed by atoms with Crippen LogP contribution in [0.2, 0.25) is 0 Å². The van der Waals surface area contributed by atoms with Crippen LogP contribution in [0.3, 0.4) is 0 Å². The average molecular weight is 427 g/mol. The van der Waals surface area contributed by atoms with Gasteiger partial charge in [-0.3, -0.25) is 0 Å². The number of aliphatic hydroxyl groups excluding tert-OH is 1. The molecule has 0 unspecified atom stereocenters. The van der Waals surface area contributed by atoms with Gasteiger partial charge >= 0.3 is 0 Å². The van der Waals surface area contributed by atoms with E-state index in [1.54, 1.807) is 0 Å². The minimum Gasteiger partial charge on any atom is -0.393 e. The maximum Gasteiger partial charge on any atom is 0.0594 e. The predicted molar refractivity (Wildman–Crippen MR) is 131 cm³/mol. The molecule has 1 heteroatoms. The lowest BCUT2D eigenvalue weighted by atomic mass is 9.34. The number of aliphatic hydroxyl groups is 1. The highest BCUT2D eigenvalue weighted by atomic mass is 16.3. The minimum absolute atomic E-state index is 0.0407. The van der Waals surface area contributed by atoms with E-state index in [1.165, 1.54) is 57.8 Å². The Morgan fingerprint density at radius 1 is 0.742 bits per heavy atom. The molecule has 0 heterocycles. The zero-order chi connectivity index (χ0) is 22.7. The van der Waals surface area contributed by atoms with Crippen molar-refractivity contribution < 1.29 is 5.11 Å². The molecule has 1 N–H and O–H groups in total. The summed E-state index contributed by atoms with van der Waals surface area (Å²) < 4.78 is 0. The van der Waals surface area contributed by atoms with E-state index in [0.717, 1.165) is 18.3 Å². The fourth-order valence-electron chi connectivity index (χ4n) is 10.5. The van der Waals surface area contributed by atoms with Gasteiger partial charge in [-0.2, -0.15) is 0 Å². The summed E-state index contributed by atoms with van der Waals surface area (Å²) in [5.74, 6) is 2.24. The largest absolute Gasteiger partial charge is 0.393 e. The van der Waals surface area contributed by atoms with E-state index in [0.29, 0.717) is 33.0 Å². The molecule has 1 nitrogen and oxygen atoms in total. The van der Waals surface area contributed by atoms with Crippen molar-refractivity contribution in [3.63, 3.8) is 0 Å². The van der Waals surface area contributed by atoms with Crippen molar-refractivity contribution in [1.29, 1.82) is 0 Å². The van der Waals surface area contributed by atoms with Crippen LogP contribution in [0.1, 0.15) is 120 Å². The van der Waals surface area contributed by atoms with Crippen molar-refractivity contribution in [1.82, 2.24) is 0 Å². The molecule has 176 valence electrons. The Kier molecular flexibility index (Phi) is 4.66. The summed E-state index contributed by atoms with van der Waals surface area (Å²) in [5, 5.41) is 10.9. The Morgan fingerprint density at radius 2 is 1.42 bits per heavy atom. The third-order valence-corrected chi connectivity index (χ3v) is 13.0. The van der Waals surface area contributed by atoms with Crippen LogP contribution in [-0.4, -0.2) is 11.2 Å². The molecular formula is C30H50O. The minimum atomic E-state index is -0.132. The van der Waals surface area contributed by atoms with Crippen LogP contribution >= 0.6 is 0 Å². The highest BCUT2D eigenvalue weighted by Gasteiger charge is 2.67. The lowest BCUT2D eigenvalue weighted by Gasteiger charge is -2.71. The molecule has 0 amide bonds. The van der Waals surface area contributed by atoms with Gasteiger partial charge in [0.1, 0.15) is 0 Å². The summed E-state index contributed by atoms with van der Waals surface area (Å²) in [6.45, 7) is 20.5. The zero-order valence-corrected chi connectivity index (χ0v) is 21.9. The van der Waals surface area contributed by atoms with E-state index >= 15 is 0 Å². The monoisotopic (exact) mass is 426 g/mol. The van der Waals surface area contributed by atoms with Gasteiger partial charge in [0, 0.05) is 0 Å². The molecule has 0 aromatic rings. The first-order valence-electron chi connectivity index (χ1n) is 13.6. The lowest BCUT2D eigenvalue weighted by molar-refractivity contribution is -0.186. The predicted octanol–water partition coefficient (Wildman–Crippen LogP) is 8.17. The fraction of sp³-hybridized carbons (Fsp3) is 0.933. The van der Waals surface area contributed by atoms with E-state index in [2.05, 4.69) is 61.5 Å². The molecule has 8 atom stereocenters. The number of allylic oxidation sites excluding steroid dienone is 2. The Hall–Kier alpha value is -0.300. The molecule has 31 heavy (non-hydrogen) atoms. The lowest BCUT2D eigenvalue weighted by Crippen LogP contribution is -2.63. The second-order valence-electron chi connectivity index (χ2n) is 15.2. The van der Waals surface area contributed by atoms with Gasteiger partial charge < -0.3 is 5.11 Å². The molecule has 0 spiro atoms. The van der Waals surface area contributed by atoms with Crippen LogP contribution < -0.4 is 0 Å². The molecule has 0 aromatic heterocycles. The number of hydrogen-bond acceptors (Lipinski definition) is 1. The number of hydrogen-bond donors (Lipinski definition) is 1. The molecule has 0 aliphatic heterocycles. The van der Waals surface area contributed by atoms with Gasteiger partial charge in [-0.25, -0.2) is 0 Å². The smallest absolute Gasteiger partial charge is 0.0594 e. The van der Waals surface area contributed by atoms with Crippen LogP contribution in [0.15, 0.2) is 11.6 Å². The molecule has 0 bridgehead atoms. The SMILES string of the molecule is CC1(C)CC[C@]2(C)CC[C@]3(C)[C@H]4CC[C@@H]5C(C)(C)[C@@H](O)CC[C@]5(C)C4=CC[C@@]3(C)[C@@H]2C1. The van der Waals surface area contributed by atoms with E-state index in [9.17, 15) is 5.11 Å². The molecule has 0 aromatic carbocycles. The maximum absolute atomic E-state index is 10.9. The van der Waals surface area contributed by atoms with Crippen molar-refractivity contribution in [2.45, 2.75) is 126 Å². The van der Waals surface area contributed by atoms with Gasteiger partial charge in [0.15, 0.2) is 0 Å². The van der Waals surface area contributed by atoms with Crippen LogP contribution in [0.25, 0.3) is 0 Å². The fourth-order valence-corrected chi connectivity index (χ4v) is 10.5. The summed E-state index contributed by atoms with van der Waals surface area (Å²) >= 11 is 0. The maximum atomic E-state index is 10.9. The first-order valence-corrected chi connectivity index (χ1v) is 13.6.